The molecule has 0 radical (unpaired) electrons. The van der Waals surface area contributed by atoms with Crippen LogP contribution >= 0.6 is 0 Å². The summed E-state index contributed by atoms with van der Waals surface area (Å²) in [6, 6.07) is 8.32. The van der Waals surface area contributed by atoms with Crippen LogP contribution in [0.5, 0.6) is 0 Å². The average molecular weight is 248 g/mol. The van der Waals surface area contributed by atoms with Gasteiger partial charge in [0.2, 0.25) is 0 Å². The third-order valence-electron chi connectivity index (χ3n) is 3.40. The Kier molecular flexibility index (Phi) is 3.87. The maximum atomic E-state index is 10.8. The SMILES string of the molecule is Cc1cccc(N2CC(N)CC(CC(=O)O)C2)c1. The second kappa shape index (κ2) is 5.40. The van der Waals surface area contributed by atoms with Gasteiger partial charge in [-0.05, 0) is 37.0 Å². The molecule has 18 heavy (non-hydrogen) atoms. The molecule has 1 fully saturated rings. The monoisotopic (exact) mass is 248 g/mol. The zero-order chi connectivity index (χ0) is 13.1. The molecule has 2 atom stereocenters. The first-order valence-corrected chi connectivity index (χ1v) is 6.33. The van der Waals surface area contributed by atoms with E-state index in [9.17, 15) is 4.79 Å². The fourth-order valence-corrected chi connectivity index (χ4v) is 2.68. The Hall–Kier alpha value is -1.55. The molecule has 1 aliphatic heterocycles. The van der Waals surface area contributed by atoms with Gasteiger partial charge in [-0.3, -0.25) is 4.79 Å². The van der Waals surface area contributed by atoms with Gasteiger partial charge in [-0.1, -0.05) is 12.1 Å². The summed E-state index contributed by atoms with van der Waals surface area (Å²) in [5.41, 5.74) is 8.38. The Morgan fingerprint density at radius 2 is 2.28 bits per heavy atom. The molecule has 1 aromatic rings. The predicted molar refractivity (Wildman–Crippen MR) is 71.7 cm³/mol. The van der Waals surface area contributed by atoms with Crippen LogP contribution in [0, 0.1) is 12.8 Å². The minimum Gasteiger partial charge on any atom is -0.481 e. The molecule has 1 aromatic carbocycles. The summed E-state index contributed by atoms with van der Waals surface area (Å²) in [4.78, 5) is 13.0. The Labute approximate surface area is 107 Å². The van der Waals surface area contributed by atoms with Gasteiger partial charge in [0.05, 0.1) is 0 Å². The number of hydrogen-bond donors (Lipinski definition) is 2. The van der Waals surface area contributed by atoms with E-state index in [4.69, 9.17) is 10.8 Å². The fraction of sp³-hybridized carbons (Fsp3) is 0.500. The van der Waals surface area contributed by atoms with Crippen LogP contribution in [0.15, 0.2) is 24.3 Å². The lowest BCUT2D eigenvalue weighted by Crippen LogP contribution is -2.47. The van der Waals surface area contributed by atoms with Gasteiger partial charge in [0, 0.05) is 31.2 Å². The number of nitrogens with zero attached hydrogens (tertiary/aromatic N) is 1. The summed E-state index contributed by atoms with van der Waals surface area (Å²) < 4.78 is 0. The molecular weight excluding hydrogens is 228 g/mol. The fourth-order valence-electron chi connectivity index (χ4n) is 2.68. The maximum absolute atomic E-state index is 10.8. The summed E-state index contributed by atoms with van der Waals surface area (Å²) in [5.74, 6) is -0.593. The Morgan fingerprint density at radius 1 is 1.50 bits per heavy atom. The first kappa shape index (κ1) is 12.9. The molecule has 98 valence electrons. The minimum absolute atomic E-state index is 0.0589. The van der Waals surface area contributed by atoms with Crippen LogP contribution < -0.4 is 10.6 Å². The largest absolute Gasteiger partial charge is 0.481 e. The van der Waals surface area contributed by atoms with Gasteiger partial charge in [-0.2, -0.15) is 0 Å². The lowest BCUT2D eigenvalue weighted by molar-refractivity contribution is -0.138. The molecule has 0 aromatic heterocycles. The van der Waals surface area contributed by atoms with Gasteiger partial charge < -0.3 is 15.7 Å². The Balaban J connectivity index is 2.10. The molecule has 1 aliphatic rings. The number of aryl methyl sites for hydroxylation is 1. The van der Waals surface area contributed by atoms with Gasteiger partial charge in [0.15, 0.2) is 0 Å². The van der Waals surface area contributed by atoms with Crippen LogP contribution in [0.25, 0.3) is 0 Å². The van der Waals surface area contributed by atoms with Crippen molar-refractivity contribution in [3.05, 3.63) is 29.8 Å². The highest BCUT2D eigenvalue weighted by atomic mass is 16.4. The van der Waals surface area contributed by atoms with Crippen molar-refractivity contribution >= 4 is 11.7 Å². The van der Waals surface area contributed by atoms with E-state index in [0.29, 0.717) is 0 Å². The molecule has 0 aliphatic carbocycles. The average Bonchev–Trinajstić information content (AvgIpc) is 2.27. The highest BCUT2D eigenvalue weighted by Gasteiger charge is 2.26. The van der Waals surface area contributed by atoms with Crippen molar-refractivity contribution in [1.82, 2.24) is 0 Å². The van der Waals surface area contributed by atoms with E-state index in [1.165, 1.54) is 5.56 Å². The number of benzene rings is 1. The molecule has 2 unspecified atom stereocenters. The summed E-state index contributed by atoms with van der Waals surface area (Å²) in [5, 5.41) is 8.89. The first-order valence-electron chi connectivity index (χ1n) is 6.33. The number of carboxylic acids is 1. The molecular formula is C14H20N2O2. The molecule has 0 saturated carbocycles. The van der Waals surface area contributed by atoms with Gasteiger partial charge in [0.25, 0.3) is 0 Å². The van der Waals surface area contributed by atoms with E-state index in [-0.39, 0.29) is 18.4 Å². The second-order valence-corrected chi connectivity index (χ2v) is 5.20. The summed E-state index contributed by atoms with van der Waals surface area (Å²) in [7, 11) is 0. The lowest BCUT2D eigenvalue weighted by atomic mass is 9.91. The summed E-state index contributed by atoms with van der Waals surface area (Å²) in [6.45, 7) is 3.64. The van der Waals surface area contributed by atoms with Crippen LogP contribution in [0.3, 0.4) is 0 Å². The molecule has 0 bridgehead atoms. The molecule has 0 spiro atoms. The van der Waals surface area contributed by atoms with Crippen molar-refractivity contribution in [2.75, 3.05) is 18.0 Å². The molecule has 4 nitrogen and oxygen atoms in total. The highest BCUT2D eigenvalue weighted by molar-refractivity contribution is 5.67. The zero-order valence-electron chi connectivity index (χ0n) is 10.7. The number of rotatable bonds is 3. The minimum atomic E-state index is -0.738. The number of hydrogen-bond acceptors (Lipinski definition) is 3. The number of anilines is 1. The normalized spacial score (nSPS) is 24.0. The van der Waals surface area contributed by atoms with Gasteiger partial charge in [0.1, 0.15) is 0 Å². The van der Waals surface area contributed by atoms with E-state index in [2.05, 4.69) is 30.0 Å². The standard InChI is InChI=1S/C14H20N2O2/c1-10-3-2-4-13(5-10)16-8-11(7-14(17)18)6-12(15)9-16/h2-5,11-12H,6-9,15H2,1H3,(H,17,18). The number of carboxylic acid groups (broad SMARTS) is 1. The van der Waals surface area contributed by atoms with Crippen LogP contribution in [-0.4, -0.2) is 30.2 Å². The summed E-state index contributed by atoms with van der Waals surface area (Å²) in [6.07, 6.45) is 1.00. The predicted octanol–water partition coefficient (Wildman–Crippen LogP) is 1.62. The van der Waals surface area contributed by atoms with Crippen LogP contribution in [0.4, 0.5) is 5.69 Å². The van der Waals surface area contributed by atoms with Crippen molar-refractivity contribution in [1.29, 1.82) is 0 Å². The third kappa shape index (κ3) is 3.23. The van der Waals surface area contributed by atoms with E-state index in [1.807, 2.05) is 6.07 Å². The van der Waals surface area contributed by atoms with Crippen LogP contribution in [-0.2, 0) is 4.79 Å². The molecule has 2 rings (SSSR count). The number of nitrogens with two attached hydrogens (primary N) is 1. The number of carbonyl (C=O) groups is 1. The molecule has 1 saturated heterocycles. The quantitative estimate of drug-likeness (QED) is 0.853. The smallest absolute Gasteiger partial charge is 0.303 e. The second-order valence-electron chi connectivity index (χ2n) is 5.20. The van der Waals surface area contributed by atoms with Gasteiger partial charge in [-0.15, -0.1) is 0 Å². The van der Waals surface area contributed by atoms with E-state index in [1.54, 1.807) is 0 Å². The molecule has 4 heteroatoms. The van der Waals surface area contributed by atoms with Crippen molar-refractivity contribution in [2.24, 2.45) is 11.7 Å². The maximum Gasteiger partial charge on any atom is 0.303 e. The molecule has 1 heterocycles. The van der Waals surface area contributed by atoms with E-state index in [0.717, 1.165) is 25.2 Å². The van der Waals surface area contributed by atoms with Gasteiger partial charge >= 0.3 is 5.97 Å². The van der Waals surface area contributed by atoms with Crippen LogP contribution in [0.2, 0.25) is 0 Å². The number of aliphatic carboxylic acids is 1. The van der Waals surface area contributed by atoms with Crippen molar-refractivity contribution in [3.8, 4) is 0 Å². The Bertz CT molecular complexity index is 434. The zero-order valence-corrected chi connectivity index (χ0v) is 10.7. The lowest BCUT2D eigenvalue weighted by Gasteiger charge is -2.37. The number of piperidine rings is 1. The van der Waals surface area contributed by atoms with Crippen molar-refractivity contribution in [2.45, 2.75) is 25.8 Å². The van der Waals surface area contributed by atoms with Crippen molar-refractivity contribution in [3.63, 3.8) is 0 Å². The van der Waals surface area contributed by atoms with E-state index < -0.39 is 5.97 Å². The topological polar surface area (TPSA) is 66.6 Å². The first-order chi connectivity index (χ1) is 8.54. The molecule has 3 N–H and O–H groups in total. The third-order valence-corrected chi connectivity index (χ3v) is 3.40. The van der Waals surface area contributed by atoms with Gasteiger partial charge in [-0.25, -0.2) is 0 Å². The van der Waals surface area contributed by atoms with Crippen LogP contribution in [0.1, 0.15) is 18.4 Å². The van der Waals surface area contributed by atoms with Crippen molar-refractivity contribution < 1.29 is 9.90 Å². The summed E-state index contributed by atoms with van der Waals surface area (Å²) >= 11 is 0. The molecule has 0 amide bonds. The van der Waals surface area contributed by atoms with E-state index >= 15 is 0 Å². The Morgan fingerprint density at radius 3 is 2.94 bits per heavy atom. The highest BCUT2D eigenvalue weighted by Crippen LogP contribution is 2.25.